The number of benzene rings is 5. The van der Waals surface area contributed by atoms with Crippen LogP contribution in [0.15, 0.2) is 127 Å². The van der Waals surface area contributed by atoms with Crippen molar-refractivity contribution in [3.63, 3.8) is 0 Å². The molecule has 5 aromatic rings. The number of amidine groups is 1. The van der Waals surface area contributed by atoms with Crippen LogP contribution in [0.2, 0.25) is 0 Å². The zero-order valence-electron chi connectivity index (χ0n) is 32.4. The molecule has 0 spiro atoms. The molecule has 11 nitrogen and oxygen atoms in total. The van der Waals surface area contributed by atoms with E-state index in [4.69, 9.17) is 9.47 Å². The fourth-order valence-electron chi connectivity index (χ4n) is 10.3. The number of amides is 2. The van der Waals surface area contributed by atoms with E-state index in [9.17, 15) is 9.90 Å². The molecule has 0 unspecified atom stereocenters. The third kappa shape index (κ3) is 5.97. The molecular weight excluding hydrogens is 857 g/mol. The summed E-state index contributed by atoms with van der Waals surface area (Å²) in [6.07, 6.45) is -0.699. The van der Waals surface area contributed by atoms with Crippen molar-refractivity contribution in [3.8, 4) is 5.75 Å². The Morgan fingerprint density at radius 1 is 0.831 bits per heavy atom. The molecule has 2 amide bonds. The third-order valence-corrected chi connectivity index (χ3v) is 13.4. The van der Waals surface area contributed by atoms with Crippen molar-refractivity contribution >= 4 is 63.3 Å². The summed E-state index contributed by atoms with van der Waals surface area (Å²) < 4.78 is 13.7. The molecular formula is C47H43IN5O6+. The van der Waals surface area contributed by atoms with Crippen molar-refractivity contribution in [1.82, 2.24) is 9.80 Å². The molecule has 59 heavy (non-hydrogen) atoms. The van der Waals surface area contributed by atoms with Gasteiger partial charge in [-0.05, 0) is 93.9 Å². The first kappa shape index (κ1) is 37.7. The molecule has 0 aliphatic carbocycles. The van der Waals surface area contributed by atoms with Gasteiger partial charge in [0.15, 0.2) is 5.54 Å². The lowest BCUT2D eigenvalue weighted by molar-refractivity contribution is -0.368. The van der Waals surface area contributed by atoms with Gasteiger partial charge in [0.2, 0.25) is 5.91 Å². The number of aliphatic hydroxyl groups excluding tert-OH is 1. The van der Waals surface area contributed by atoms with Gasteiger partial charge < -0.3 is 24.4 Å². The number of anilines is 2. The predicted octanol–water partition coefficient (Wildman–Crippen LogP) is 4.82. The van der Waals surface area contributed by atoms with Crippen molar-refractivity contribution in [2.24, 2.45) is 5.92 Å². The average molecular weight is 901 g/mol. The first-order valence-corrected chi connectivity index (χ1v) is 21.2. The number of nitrogens with one attached hydrogen (secondary N) is 1. The highest BCUT2D eigenvalue weighted by Gasteiger charge is 2.79. The monoisotopic (exact) mass is 900 g/mol. The van der Waals surface area contributed by atoms with Gasteiger partial charge in [-0.25, -0.2) is 9.79 Å². The molecule has 4 fully saturated rings. The number of piperidine rings is 1. The van der Waals surface area contributed by atoms with E-state index in [0.29, 0.717) is 43.5 Å². The first-order valence-electron chi connectivity index (χ1n) is 20.1. The molecule has 5 aliphatic heterocycles. The Bertz CT molecular complexity index is 2480. The van der Waals surface area contributed by atoms with Gasteiger partial charge in [0, 0.05) is 53.8 Å². The van der Waals surface area contributed by atoms with Gasteiger partial charge in [0.05, 0.1) is 18.6 Å². The molecule has 6 atom stereocenters. The Balaban J connectivity index is 1.22. The van der Waals surface area contributed by atoms with Crippen LogP contribution in [-0.4, -0.2) is 84.0 Å². The van der Waals surface area contributed by atoms with Crippen molar-refractivity contribution in [2.45, 2.75) is 36.6 Å². The smallest absolute Gasteiger partial charge is 0.325 e. The zero-order chi connectivity index (χ0) is 40.4. The first-order chi connectivity index (χ1) is 28.8. The Morgan fingerprint density at radius 3 is 2.22 bits per heavy atom. The second kappa shape index (κ2) is 14.9. The summed E-state index contributed by atoms with van der Waals surface area (Å²) in [5.41, 5.74) is 5.01. The van der Waals surface area contributed by atoms with Crippen LogP contribution >= 0.6 is 22.6 Å². The van der Waals surface area contributed by atoms with Crippen molar-refractivity contribution in [2.75, 3.05) is 49.2 Å². The number of piperazine rings is 1. The van der Waals surface area contributed by atoms with E-state index >= 15 is 9.59 Å². The molecule has 298 valence electrons. The van der Waals surface area contributed by atoms with Crippen LogP contribution < -0.4 is 19.5 Å². The maximum atomic E-state index is 15.7. The minimum absolute atomic E-state index is 0.0778. The highest BCUT2D eigenvalue weighted by Crippen LogP contribution is 2.66. The number of fused-ring (bicyclic) bond motifs is 3. The van der Waals surface area contributed by atoms with E-state index in [-0.39, 0.29) is 25.0 Å². The Kier molecular flexibility index (Phi) is 9.53. The van der Waals surface area contributed by atoms with Crippen LogP contribution in [0.25, 0.3) is 0 Å². The highest BCUT2D eigenvalue weighted by molar-refractivity contribution is 14.1. The van der Waals surface area contributed by atoms with Gasteiger partial charge in [0.25, 0.3) is 5.84 Å². The van der Waals surface area contributed by atoms with Gasteiger partial charge in [0.1, 0.15) is 35.9 Å². The fraction of sp³-hybridized carbons (Fsp3) is 0.277. The second-order valence-electron chi connectivity index (χ2n) is 15.7. The lowest BCUT2D eigenvalue weighted by Gasteiger charge is -2.51. The summed E-state index contributed by atoms with van der Waals surface area (Å²) in [5.74, 6) is -0.703. The lowest BCUT2D eigenvalue weighted by Crippen LogP contribution is -2.83. The van der Waals surface area contributed by atoms with Crippen LogP contribution in [0.3, 0.4) is 0 Å². The van der Waals surface area contributed by atoms with Crippen LogP contribution in [0, 0.1) is 9.49 Å². The van der Waals surface area contributed by atoms with Gasteiger partial charge in [-0.2, -0.15) is 4.90 Å². The number of aliphatic hydroxyl groups is 1. The average Bonchev–Trinajstić information content (AvgIpc) is 3.56. The number of hydrogen-bond donors (Lipinski definition) is 2. The van der Waals surface area contributed by atoms with E-state index in [1.807, 2.05) is 95.9 Å². The predicted molar refractivity (Wildman–Crippen MR) is 230 cm³/mol. The number of nitrogens with zero attached hydrogens (tertiary/aromatic N) is 4. The summed E-state index contributed by atoms with van der Waals surface area (Å²) in [6.45, 7) is 4.28. The summed E-state index contributed by atoms with van der Waals surface area (Å²) >= 11 is 2.32. The van der Waals surface area contributed by atoms with Crippen LogP contribution in [0.4, 0.5) is 17.1 Å². The molecule has 12 heteroatoms. The number of esters is 1. The highest BCUT2D eigenvalue weighted by atomic mass is 127. The molecule has 5 aliphatic rings. The Labute approximate surface area is 356 Å². The van der Waals surface area contributed by atoms with E-state index < -0.39 is 41.5 Å². The summed E-state index contributed by atoms with van der Waals surface area (Å²) in [6, 6.07) is 40.7. The number of carbonyl (C=O) groups is 3. The normalized spacial score (nSPS) is 25.8. The molecule has 5 heterocycles. The summed E-state index contributed by atoms with van der Waals surface area (Å²) in [5, 5.41) is 9.76. The Hall–Kier alpha value is -5.57. The van der Waals surface area contributed by atoms with E-state index in [1.165, 1.54) is 0 Å². The lowest BCUT2D eigenvalue weighted by atomic mass is 9.65. The third-order valence-electron chi connectivity index (χ3n) is 12.7. The molecule has 0 radical (unpaired) electrons. The van der Waals surface area contributed by atoms with E-state index in [2.05, 4.69) is 73.8 Å². The maximum Gasteiger partial charge on any atom is 0.325 e. The maximum absolute atomic E-state index is 15.7. The molecule has 4 saturated heterocycles. The van der Waals surface area contributed by atoms with Crippen molar-refractivity contribution in [1.29, 1.82) is 0 Å². The topological polar surface area (TPSA) is 117 Å². The van der Waals surface area contributed by atoms with E-state index in [0.717, 1.165) is 37.2 Å². The van der Waals surface area contributed by atoms with Crippen LogP contribution in [-0.2, 0) is 24.7 Å². The number of cyclic esters (lactones) is 1. The molecule has 4 bridgehead atoms. The number of hydrogen-bond acceptors (Lipinski definition) is 8. The molecule has 0 aromatic heterocycles. The summed E-state index contributed by atoms with van der Waals surface area (Å²) in [7, 11) is 0. The van der Waals surface area contributed by atoms with Crippen molar-refractivity contribution < 1.29 is 34.0 Å². The largest absolute Gasteiger partial charge is 0.491 e. The minimum atomic E-state index is -1.13. The van der Waals surface area contributed by atoms with Crippen LogP contribution in [0.1, 0.15) is 47.2 Å². The van der Waals surface area contributed by atoms with Crippen LogP contribution in [0.5, 0.6) is 5.75 Å². The number of halogens is 1. The molecule has 5 aromatic carbocycles. The molecule has 0 saturated carbocycles. The molecule has 10 rings (SSSR count). The van der Waals surface area contributed by atoms with Crippen molar-refractivity contribution in [3.05, 3.63) is 153 Å². The van der Waals surface area contributed by atoms with Gasteiger partial charge in [-0.3, -0.25) is 14.5 Å². The number of rotatable bonds is 8. The quantitative estimate of drug-likeness (QED) is 0.169. The SMILES string of the molecule is CC(=O)N1CCN(c2ccc(N3C(=O)[C@H]4[C@@H]5C(=O)O[C@@H](c6ccccc6)[C@@H](c6ccccc6)N5[C@@]5(c6cccc(OCCO)c6)C3=[NH+]c3ccc(I)cc3[C@@H]45)cc2)CC1. The number of morpholine rings is 1. The fourth-order valence-corrected chi connectivity index (χ4v) is 10.8. The number of carbonyl (C=O) groups excluding carboxylic acids is 3. The second-order valence-corrected chi connectivity index (χ2v) is 17.0. The molecule has 2 N–H and O–H groups in total. The van der Waals surface area contributed by atoms with Gasteiger partial charge in [-0.15, -0.1) is 0 Å². The number of ether oxygens (including phenoxy) is 2. The van der Waals surface area contributed by atoms with Gasteiger partial charge in [-0.1, -0.05) is 72.8 Å². The van der Waals surface area contributed by atoms with E-state index in [1.54, 1.807) is 11.8 Å². The van der Waals surface area contributed by atoms with Gasteiger partial charge >= 0.3 is 11.9 Å². The Morgan fingerprint density at radius 2 is 1.53 bits per heavy atom. The standard InChI is InChI=1S/C47H42IN5O6/c1-29(55)50-21-23-51(24-22-50)34-16-18-35(19-17-34)52-44(56)39-40-37-28-33(48)15-20-38(37)49-46(52)47(40,32-13-8-14-36(27-32)58-26-25-54)53-41(30-9-4-2-5-10-30)43(59-45(57)42(39)53)31-11-6-3-7-12-31/h2-20,27-28,39-43,54H,21-26H2,1H3/p+1/t39-,40+,41-,42-,43+,47-/m1/s1. The zero-order valence-corrected chi connectivity index (χ0v) is 34.6. The minimum Gasteiger partial charge on any atom is -0.491 e. The summed E-state index contributed by atoms with van der Waals surface area (Å²) in [4.78, 5) is 54.8.